The molecule has 19 heteroatoms. The fourth-order valence-electron chi connectivity index (χ4n) is 10.3. The van der Waals surface area contributed by atoms with Crippen LogP contribution in [0.25, 0.3) is 0 Å². The molecule has 0 amide bonds. The summed E-state index contributed by atoms with van der Waals surface area (Å²) in [5.41, 5.74) is 0. The molecular formula is C83H142O17P2. The third-order valence-corrected chi connectivity index (χ3v) is 18.3. The van der Waals surface area contributed by atoms with Gasteiger partial charge in [-0.25, -0.2) is 9.13 Å². The Bertz CT molecular complexity index is 2410. The molecule has 17 nitrogen and oxygen atoms in total. The number of carbonyl (C=O) groups is 4. The fraction of sp³-hybridized carbons (Fsp3) is 0.711. The third kappa shape index (κ3) is 73.8. The zero-order valence-electron chi connectivity index (χ0n) is 64.0. The van der Waals surface area contributed by atoms with E-state index in [1.165, 1.54) is 51.4 Å². The zero-order valence-corrected chi connectivity index (χ0v) is 65.8. The van der Waals surface area contributed by atoms with Crippen LogP contribution in [0.15, 0.2) is 122 Å². The van der Waals surface area contributed by atoms with E-state index < -0.39 is 97.5 Å². The Hall–Kier alpha value is -4.54. The molecule has 0 radical (unpaired) electrons. The molecule has 0 fully saturated rings. The van der Waals surface area contributed by atoms with E-state index in [0.717, 1.165) is 193 Å². The molecule has 0 aliphatic rings. The van der Waals surface area contributed by atoms with E-state index in [2.05, 4.69) is 149 Å². The Morgan fingerprint density at radius 3 is 0.824 bits per heavy atom. The van der Waals surface area contributed by atoms with Crippen LogP contribution in [-0.2, 0) is 65.4 Å². The van der Waals surface area contributed by atoms with E-state index in [-0.39, 0.29) is 25.7 Å². The SMILES string of the molecule is CC/C=C\C/C=C\C/C=C\C/C=C\CCCCCCC(=O)OC(COC(=O)CCCCCCCC/C=C\C/C=C\C/C=C\CCCCC)COP(=O)(O)OCC(O)COP(=O)(O)OCC(COC(=O)CCCCCCC/C=C\C/C=C\CCCCC)OC(=O)CCCCCCC/C=C\CCCC. The molecule has 0 heterocycles. The van der Waals surface area contributed by atoms with Crippen molar-refractivity contribution in [1.82, 2.24) is 0 Å². The van der Waals surface area contributed by atoms with Gasteiger partial charge in [0.1, 0.15) is 19.3 Å². The lowest BCUT2D eigenvalue weighted by Gasteiger charge is -2.21. The number of rotatable bonds is 74. The van der Waals surface area contributed by atoms with Crippen LogP contribution in [0.3, 0.4) is 0 Å². The van der Waals surface area contributed by atoms with E-state index in [4.69, 9.17) is 37.0 Å². The summed E-state index contributed by atoms with van der Waals surface area (Å²) in [6, 6.07) is 0. The third-order valence-electron chi connectivity index (χ3n) is 16.4. The number of aliphatic hydroxyl groups is 1. The summed E-state index contributed by atoms with van der Waals surface area (Å²) < 4.78 is 68.5. The van der Waals surface area contributed by atoms with Gasteiger partial charge in [-0.15, -0.1) is 0 Å². The molecule has 3 N–H and O–H groups in total. The second kappa shape index (κ2) is 74.7. The minimum absolute atomic E-state index is 0.0613. The number of phosphoric acid groups is 2. The molecule has 0 spiro atoms. The first-order valence-electron chi connectivity index (χ1n) is 39.8. The molecule has 0 aromatic rings. The minimum Gasteiger partial charge on any atom is -0.462 e. The highest BCUT2D eigenvalue weighted by atomic mass is 31.2. The highest BCUT2D eigenvalue weighted by Gasteiger charge is 2.30. The Labute approximate surface area is 619 Å². The number of phosphoric ester groups is 2. The van der Waals surface area contributed by atoms with Gasteiger partial charge in [-0.05, 0) is 154 Å². The normalized spacial score (nSPS) is 14.5. The lowest BCUT2D eigenvalue weighted by molar-refractivity contribution is -0.161. The van der Waals surface area contributed by atoms with E-state index in [0.29, 0.717) is 25.7 Å². The van der Waals surface area contributed by atoms with E-state index in [1.54, 1.807) is 0 Å². The zero-order chi connectivity index (χ0) is 74.6. The number of esters is 4. The van der Waals surface area contributed by atoms with Crippen molar-refractivity contribution in [3.05, 3.63) is 122 Å². The molecular weight excluding hydrogens is 1330 g/mol. The number of carbonyl (C=O) groups excluding carboxylic acids is 4. The van der Waals surface area contributed by atoms with Gasteiger partial charge < -0.3 is 33.8 Å². The van der Waals surface area contributed by atoms with Gasteiger partial charge in [0, 0.05) is 25.7 Å². The molecule has 0 saturated carbocycles. The van der Waals surface area contributed by atoms with Crippen molar-refractivity contribution in [3.8, 4) is 0 Å². The average molecular weight is 1470 g/mol. The van der Waals surface area contributed by atoms with Crippen molar-refractivity contribution in [3.63, 3.8) is 0 Å². The lowest BCUT2D eigenvalue weighted by Crippen LogP contribution is -2.30. The van der Waals surface area contributed by atoms with Gasteiger partial charge in [-0.3, -0.25) is 37.3 Å². The number of aliphatic hydroxyl groups excluding tert-OH is 1. The van der Waals surface area contributed by atoms with Crippen molar-refractivity contribution >= 4 is 39.5 Å². The number of unbranched alkanes of at least 4 members (excludes halogenated alkanes) is 28. The summed E-state index contributed by atoms with van der Waals surface area (Å²) in [5, 5.41) is 10.6. The predicted octanol–water partition coefficient (Wildman–Crippen LogP) is 23.1. The lowest BCUT2D eigenvalue weighted by atomic mass is 10.1. The second-order valence-corrected chi connectivity index (χ2v) is 29.2. The summed E-state index contributed by atoms with van der Waals surface area (Å²) in [6.07, 6.45) is 81.8. The van der Waals surface area contributed by atoms with Crippen LogP contribution in [0.5, 0.6) is 0 Å². The summed E-state index contributed by atoms with van der Waals surface area (Å²) >= 11 is 0. The van der Waals surface area contributed by atoms with Crippen molar-refractivity contribution in [2.24, 2.45) is 0 Å². The van der Waals surface area contributed by atoms with Crippen molar-refractivity contribution < 1.29 is 80.2 Å². The van der Waals surface area contributed by atoms with E-state index in [1.807, 2.05) is 0 Å². The summed E-state index contributed by atoms with van der Waals surface area (Å²) in [5.74, 6) is -2.24. The van der Waals surface area contributed by atoms with Crippen molar-refractivity contribution in [1.29, 1.82) is 0 Å². The van der Waals surface area contributed by atoms with Gasteiger partial charge in [-0.1, -0.05) is 265 Å². The first-order valence-corrected chi connectivity index (χ1v) is 42.8. The molecule has 0 saturated heterocycles. The van der Waals surface area contributed by atoms with Crippen LogP contribution in [-0.4, -0.2) is 96.7 Å². The van der Waals surface area contributed by atoms with E-state index in [9.17, 15) is 43.2 Å². The van der Waals surface area contributed by atoms with Crippen LogP contribution in [0.2, 0.25) is 0 Å². The summed E-state index contributed by atoms with van der Waals surface area (Å²) in [4.78, 5) is 72.9. The summed E-state index contributed by atoms with van der Waals surface area (Å²) in [6.45, 7) is 4.61. The second-order valence-electron chi connectivity index (χ2n) is 26.3. The number of allylic oxidation sites excluding steroid dienone is 20. The van der Waals surface area contributed by atoms with Gasteiger partial charge in [-0.2, -0.15) is 0 Å². The maximum atomic E-state index is 13.1. The Balaban J connectivity index is 5.38. The van der Waals surface area contributed by atoms with Crippen LogP contribution in [0.1, 0.15) is 323 Å². The number of ether oxygens (including phenoxy) is 4. The fourth-order valence-corrected chi connectivity index (χ4v) is 11.9. The van der Waals surface area contributed by atoms with Gasteiger partial charge in [0.15, 0.2) is 12.2 Å². The average Bonchev–Trinajstić information content (AvgIpc) is 0.927. The molecule has 0 rings (SSSR count). The molecule has 586 valence electrons. The molecule has 0 aromatic heterocycles. The molecule has 5 unspecified atom stereocenters. The maximum absolute atomic E-state index is 13.1. The van der Waals surface area contributed by atoms with Gasteiger partial charge >= 0.3 is 39.5 Å². The smallest absolute Gasteiger partial charge is 0.462 e. The first-order chi connectivity index (χ1) is 49.7. The van der Waals surface area contributed by atoms with Crippen LogP contribution in [0.4, 0.5) is 0 Å². The molecule has 0 bridgehead atoms. The first kappa shape index (κ1) is 97.5. The molecule has 102 heavy (non-hydrogen) atoms. The van der Waals surface area contributed by atoms with Crippen LogP contribution < -0.4 is 0 Å². The Morgan fingerprint density at radius 2 is 0.520 bits per heavy atom. The van der Waals surface area contributed by atoms with Gasteiger partial charge in [0.2, 0.25) is 0 Å². The molecule has 0 aliphatic carbocycles. The van der Waals surface area contributed by atoms with Gasteiger partial charge in [0.05, 0.1) is 26.4 Å². The quantitative estimate of drug-likeness (QED) is 0.0169. The topological polar surface area (TPSA) is 237 Å². The largest absolute Gasteiger partial charge is 0.472 e. The van der Waals surface area contributed by atoms with Crippen LogP contribution in [0, 0.1) is 0 Å². The van der Waals surface area contributed by atoms with E-state index >= 15 is 0 Å². The predicted molar refractivity (Wildman–Crippen MR) is 418 cm³/mol. The van der Waals surface area contributed by atoms with Crippen LogP contribution >= 0.6 is 15.6 Å². The minimum atomic E-state index is -4.99. The molecule has 5 atom stereocenters. The van der Waals surface area contributed by atoms with Crippen molar-refractivity contribution in [2.45, 2.75) is 341 Å². The number of hydrogen-bond donors (Lipinski definition) is 3. The number of hydrogen-bond acceptors (Lipinski definition) is 15. The van der Waals surface area contributed by atoms with Crippen molar-refractivity contribution in [2.75, 3.05) is 39.6 Å². The summed E-state index contributed by atoms with van der Waals surface area (Å²) in [7, 11) is -9.97. The monoisotopic (exact) mass is 1470 g/mol. The molecule has 0 aliphatic heterocycles. The highest BCUT2D eigenvalue weighted by molar-refractivity contribution is 7.47. The Morgan fingerprint density at radius 1 is 0.284 bits per heavy atom. The highest BCUT2D eigenvalue weighted by Crippen LogP contribution is 2.45. The Kier molecular flexibility index (Phi) is 71.4. The maximum Gasteiger partial charge on any atom is 0.472 e. The van der Waals surface area contributed by atoms with Gasteiger partial charge in [0.25, 0.3) is 0 Å². The standard InChI is InChI=1S/C83H142O17P2/c1-5-9-13-17-21-25-29-32-35-37-38-40-42-45-49-52-56-60-64-68-81(86)94-74-79(100-83(88)70-66-62-58-54-50-46-43-39-36-33-30-26-22-18-14-10-6-2)76-98-102(91,92)96-72-77(84)71-95-101(89,90)97-75-78(99-82(87)69-65-61-57-53-47-28-24-20-16-12-8-4)73-93-80(85)67-63-59-55-51-48-44-41-34-31-27-23-19-15-11-7-3/h10,14,20-27,32-36,38,40-41,43,46,77-79,84H,5-9,11-13,15-19,28-31,37,39,42,44-45,47-76H2,1-4H3,(H,89,90)(H,91,92)/b14-10-,24-20-,25-21-,26-22-,27-23-,35-32-,36-33-,40-38-,41-34-,46-43-. The molecule has 0 aromatic carbocycles.